The largest absolute Gasteiger partial charge is 0.354 e. The Kier molecular flexibility index (Phi) is 8.04. The minimum Gasteiger partial charge on any atom is -0.354 e. The lowest BCUT2D eigenvalue weighted by Crippen LogP contribution is -2.30. The van der Waals surface area contributed by atoms with E-state index in [2.05, 4.69) is 55.4 Å². The Hall–Kier alpha value is -3.97. The standard InChI is InChI=1S/C30H34N4O3/c1-20(2)17-33(18-21(3)4)19-22-10-12-24(13-11-22)31-29(23-8-6-5-7-9-23)28-26-16-25(34(36)37)14-15-27(26)32-30(28)35/h5-16,20-21,31H,17-19H2,1-4H3,(H,32,35)/b29-28-. The fourth-order valence-corrected chi connectivity index (χ4v) is 4.73. The third-order valence-electron chi connectivity index (χ3n) is 6.15. The minimum absolute atomic E-state index is 0.0585. The van der Waals surface area contributed by atoms with Crippen molar-refractivity contribution in [2.45, 2.75) is 34.2 Å². The molecule has 0 fully saturated rings. The predicted molar refractivity (Wildman–Crippen MR) is 150 cm³/mol. The van der Waals surface area contributed by atoms with Gasteiger partial charge in [-0.05, 0) is 41.2 Å². The van der Waals surface area contributed by atoms with Crippen molar-refractivity contribution in [3.63, 3.8) is 0 Å². The molecule has 3 aromatic rings. The third-order valence-corrected chi connectivity index (χ3v) is 6.15. The van der Waals surface area contributed by atoms with E-state index in [4.69, 9.17) is 0 Å². The summed E-state index contributed by atoms with van der Waals surface area (Å²) in [5.41, 5.74) is 4.88. The second-order valence-corrected chi connectivity index (χ2v) is 10.4. The molecule has 37 heavy (non-hydrogen) atoms. The fourth-order valence-electron chi connectivity index (χ4n) is 4.73. The zero-order valence-electron chi connectivity index (χ0n) is 21.8. The molecule has 1 aliphatic rings. The maximum absolute atomic E-state index is 13.1. The summed E-state index contributed by atoms with van der Waals surface area (Å²) in [6, 6.07) is 22.2. The molecule has 0 saturated heterocycles. The first kappa shape index (κ1) is 26.1. The average molecular weight is 499 g/mol. The zero-order valence-corrected chi connectivity index (χ0v) is 21.8. The van der Waals surface area contributed by atoms with Gasteiger partial charge >= 0.3 is 0 Å². The highest BCUT2D eigenvalue weighted by molar-refractivity contribution is 6.37. The van der Waals surface area contributed by atoms with Crippen LogP contribution in [0.3, 0.4) is 0 Å². The summed E-state index contributed by atoms with van der Waals surface area (Å²) >= 11 is 0. The number of hydrogen-bond acceptors (Lipinski definition) is 5. The lowest BCUT2D eigenvalue weighted by Gasteiger charge is -2.26. The number of nitro groups is 1. The van der Waals surface area contributed by atoms with Gasteiger partial charge in [-0.2, -0.15) is 0 Å². The monoisotopic (exact) mass is 498 g/mol. The zero-order chi connectivity index (χ0) is 26.5. The minimum atomic E-state index is -0.448. The number of anilines is 2. The summed E-state index contributed by atoms with van der Waals surface area (Å²) in [6.45, 7) is 11.9. The van der Waals surface area contributed by atoms with E-state index in [9.17, 15) is 14.9 Å². The van der Waals surface area contributed by atoms with Gasteiger partial charge in [0.05, 0.1) is 16.2 Å². The molecule has 1 amide bonds. The summed E-state index contributed by atoms with van der Waals surface area (Å²) in [6.07, 6.45) is 0. The van der Waals surface area contributed by atoms with E-state index in [0.717, 1.165) is 30.9 Å². The Balaban J connectivity index is 1.67. The van der Waals surface area contributed by atoms with Crippen LogP contribution in [0.2, 0.25) is 0 Å². The molecule has 7 heteroatoms. The molecule has 2 N–H and O–H groups in total. The maximum atomic E-state index is 13.1. The lowest BCUT2D eigenvalue weighted by atomic mass is 9.99. The van der Waals surface area contributed by atoms with Gasteiger partial charge in [-0.15, -0.1) is 0 Å². The molecule has 192 valence electrons. The Morgan fingerprint density at radius 2 is 1.59 bits per heavy atom. The van der Waals surface area contributed by atoms with E-state index >= 15 is 0 Å². The highest BCUT2D eigenvalue weighted by atomic mass is 16.6. The number of benzene rings is 3. The molecule has 0 bridgehead atoms. The molecule has 0 spiro atoms. The smallest absolute Gasteiger partial charge is 0.270 e. The Morgan fingerprint density at radius 1 is 0.946 bits per heavy atom. The van der Waals surface area contributed by atoms with E-state index in [0.29, 0.717) is 34.4 Å². The normalized spacial score (nSPS) is 14.2. The van der Waals surface area contributed by atoms with Crippen LogP contribution in [0.1, 0.15) is 44.4 Å². The molecule has 4 rings (SSSR count). The number of nitro benzene ring substituents is 1. The molecular formula is C30H34N4O3. The maximum Gasteiger partial charge on any atom is 0.270 e. The molecule has 0 saturated carbocycles. The van der Waals surface area contributed by atoms with Gasteiger partial charge in [-0.3, -0.25) is 19.8 Å². The summed E-state index contributed by atoms with van der Waals surface area (Å²) in [5, 5.41) is 17.7. The number of fused-ring (bicyclic) bond motifs is 1. The van der Waals surface area contributed by atoms with Crippen LogP contribution in [0.4, 0.5) is 17.1 Å². The molecule has 1 aliphatic heterocycles. The highest BCUT2D eigenvalue weighted by Gasteiger charge is 2.30. The van der Waals surface area contributed by atoms with Gasteiger partial charge < -0.3 is 10.6 Å². The number of nitrogens with one attached hydrogen (secondary N) is 2. The van der Waals surface area contributed by atoms with Crippen molar-refractivity contribution >= 4 is 34.2 Å². The molecule has 0 aliphatic carbocycles. The van der Waals surface area contributed by atoms with Crippen LogP contribution >= 0.6 is 0 Å². The molecule has 0 unspecified atom stereocenters. The molecule has 0 aromatic heterocycles. The average Bonchev–Trinajstić information content (AvgIpc) is 3.18. The van der Waals surface area contributed by atoms with Gasteiger partial charge in [-0.25, -0.2) is 0 Å². The van der Waals surface area contributed by atoms with Gasteiger partial charge in [-0.1, -0.05) is 70.2 Å². The first-order chi connectivity index (χ1) is 17.7. The number of carbonyl (C=O) groups excluding carboxylic acids is 1. The lowest BCUT2D eigenvalue weighted by molar-refractivity contribution is -0.384. The molecular weight excluding hydrogens is 464 g/mol. The van der Waals surface area contributed by atoms with Gasteiger partial charge in [0.1, 0.15) is 0 Å². The van der Waals surface area contributed by atoms with Crippen LogP contribution in [0.15, 0.2) is 72.8 Å². The van der Waals surface area contributed by atoms with Gasteiger partial charge in [0.15, 0.2) is 0 Å². The van der Waals surface area contributed by atoms with Crippen LogP contribution in [0, 0.1) is 22.0 Å². The number of amides is 1. The van der Waals surface area contributed by atoms with E-state index in [1.807, 2.05) is 42.5 Å². The van der Waals surface area contributed by atoms with Crippen molar-refractivity contribution in [2.75, 3.05) is 23.7 Å². The first-order valence-electron chi connectivity index (χ1n) is 12.7. The van der Waals surface area contributed by atoms with Crippen molar-refractivity contribution in [2.24, 2.45) is 11.8 Å². The van der Waals surface area contributed by atoms with E-state index < -0.39 is 4.92 Å². The van der Waals surface area contributed by atoms with E-state index in [1.165, 1.54) is 17.7 Å². The third kappa shape index (κ3) is 6.43. The van der Waals surface area contributed by atoms with Crippen LogP contribution in [-0.4, -0.2) is 28.8 Å². The number of rotatable bonds is 10. The van der Waals surface area contributed by atoms with Crippen molar-refractivity contribution in [1.82, 2.24) is 4.90 Å². The summed E-state index contributed by atoms with van der Waals surface area (Å²) in [5.74, 6) is 0.892. The predicted octanol–water partition coefficient (Wildman–Crippen LogP) is 6.64. The first-order valence-corrected chi connectivity index (χ1v) is 12.7. The Bertz CT molecular complexity index is 1290. The van der Waals surface area contributed by atoms with E-state index in [1.54, 1.807) is 6.07 Å². The van der Waals surface area contributed by atoms with Crippen molar-refractivity contribution in [1.29, 1.82) is 0 Å². The van der Waals surface area contributed by atoms with Crippen LogP contribution in [0.25, 0.3) is 11.3 Å². The quantitative estimate of drug-likeness (QED) is 0.186. The number of nitrogens with zero attached hydrogens (tertiary/aromatic N) is 2. The molecule has 3 aromatic carbocycles. The second-order valence-electron chi connectivity index (χ2n) is 10.4. The molecule has 0 radical (unpaired) electrons. The van der Waals surface area contributed by atoms with Gasteiger partial charge in [0.25, 0.3) is 11.6 Å². The Morgan fingerprint density at radius 3 is 2.19 bits per heavy atom. The van der Waals surface area contributed by atoms with Crippen molar-refractivity contribution in [3.05, 3.63) is 99.6 Å². The molecule has 0 atom stereocenters. The fraction of sp³-hybridized carbons (Fsp3) is 0.300. The number of non-ortho nitro benzene ring substituents is 1. The topological polar surface area (TPSA) is 87.5 Å². The summed E-state index contributed by atoms with van der Waals surface area (Å²) in [7, 11) is 0. The Labute approximate surface area is 218 Å². The van der Waals surface area contributed by atoms with Crippen LogP contribution in [-0.2, 0) is 11.3 Å². The van der Waals surface area contributed by atoms with E-state index in [-0.39, 0.29) is 11.6 Å². The highest BCUT2D eigenvalue weighted by Crippen LogP contribution is 2.39. The summed E-state index contributed by atoms with van der Waals surface area (Å²) in [4.78, 5) is 26.5. The number of carbonyl (C=O) groups is 1. The number of hydrogen-bond donors (Lipinski definition) is 2. The van der Waals surface area contributed by atoms with Crippen LogP contribution in [0.5, 0.6) is 0 Å². The second kappa shape index (κ2) is 11.4. The van der Waals surface area contributed by atoms with Crippen molar-refractivity contribution < 1.29 is 9.72 Å². The SMILES string of the molecule is CC(C)CN(Cc1ccc(N/C(=C2\C(=O)Nc3ccc([N+](=O)[O-])cc32)c2ccccc2)cc1)CC(C)C. The van der Waals surface area contributed by atoms with Gasteiger partial charge in [0.2, 0.25) is 0 Å². The van der Waals surface area contributed by atoms with Crippen LogP contribution < -0.4 is 10.6 Å². The molecule has 7 nitrogen and oxygen atoms in total. The van der Waals surface area contributed by atoms with Crippen molar-refractivity contribution in [3.8, 4) is 0 Å². The summed E-state index contributed by atoms with van der Waals surface area (Å²) < 4.78 is 0. The molecule has 1 heterocycles. The van der Waals surface area contributed by atoms with Gasteiger partial charge in [0, 0.05) is 48.7 Å².